The van der Waals surface area contributed by atoms with Crippen molar-refractivity contribution >= 4 is 22.6 Å². The number of nitrogens with one attached hydrogen (secondary N) is 1. The van der Waals surface area contributed by atoms with Gasteiger partial charge < -0.3 is 14.5 Å². The molecular weight excluding hydrogens is 343 g/mol. The zero-order valence-electron chi connectivity index (χ0n) is 10.1. The van der Waals surface area contributed by atoms with E-state index in [0.717, 1.165) is 28.0 Å². The van der Waals surface area contributed by atoms with Crippen LogP contribution in [0.4, 0.5) is 0 Å². The number of hydrogen-bond donors (Lipinski definition) is 1. The Kier molecular flexibility index (Phi) is 5.00. The molecule has 0 radical (unpaired) electrons. The van der Waals surface area contributed by atoms with Crippen molar-refractivity contribution in [2.24, 2.45) is 0 Å². The van der Waals surface area contributed by atoms with Crippen LogP contribution in [0.3, 0.4) is 0 Å². The molecule has 1 N–H and O–H groups in total. The van der Waals surface area contributed by atoms with E-state index in [4.69, 9.17) is 9.15 Å². The van der Waals surface area contributed by atoms with Crippen LogP contribution in [0, 0.1) is 3.57 Å². The number of nitrogens with zero attached hydrogens (tertiary/aromatic N) is 1. The summed E-state index contributed by atoms with van der Waals surface area (Å²) in [5.41, 5.74) is 0.851. The van der Waals surface area contributed by atoms with Gasteiger partial charge in [0.25, 0.3) is 0 Å². The molecule has 18 heavy (non-hydrogen) atoms. The SMILES string of the molecule is CCCNCc1coc(Oc2cccc(I)c2)n1. The van der Waals surface area contributed by atoms with Gasteiger partial charge in [-0.05, 0) is 53.8 Å². The Morgan fingerprint density at radius 3 is 3.11 bits per heavy atom. The second kappa shape index (κ2) is 6.75. The van der Waals surface area contributed by atoms with Crippen molar-refractivity contribution in [1.82, 2.24) is 10.3 Å². The molecule has 4 nitrogen and oxygen atoms in total. The van der Waals surface area contributed by atoms with Gasteiger partial charge in [0.2, 0.25) is 0 Å². The molecule has 0 atom stereocenters. The van der Waals surface area contributed by atoms with Gasteiger partial charge in [0.15, 0.2) is 0 Å². The first-order chi connectivity index (χ1) is 8.78. The van der Waals surface area contributed by atoms with Crippen molar-refractivity contribution in [2.75, 3.05) is 6.54 Å². The Bertz CT molecular complexity index is 499. The third-order valence-corrected chi connectivity index (χ3v) is 2.94. The summed E-state index contributed by atoms with van der Waals surface area (Å²) in [6.45, 7) is 3.80. The van der Waals surface area contributed by atoms with Gasteiger partial charge in [-0.1, -0.05) is 13.0 Å². The van der Waals surface area contributed by atoms with Crippen LogP contribution in [0.15, 0.2) is 34.9 Å². The van der Waals surface area contributed by atoms with Gasteiger partial charge in [-0.2, -0.15) is 4.98 Å². The first-order valence-electron chi connectivity index (χ1n) is 5.86. The highest BCUT2D eigenvalue weighted by atomic mass is 127. The Morgan fingerprint density at radius 2 is 2.33 bits per heavy atom. The monoisotopic (exact) mass is 358 g/mol. The Labute approximate surface area is 120 Å². The highest BCUT2D eigenvalue weighted by molar-refractivity contribution is 14.1. The third-order valence-electron chi connectivity index (χ3n) is 2.26. The number of benzene rings is 1. The molecule has 1 aromatic carbocycles. The molecule has 0 unspecified atom stereocenters. The van der Waals surface area contributed by atoms with Gasteiger partial charge in [0.1, 0.15) is 12.0 Å². The summed E-state index contributed by atoms with van der Waals surface area (Å²) in [5.74, 6) is 0.733. The molecule has 0 aliphatic carbocycles. The maximum Gasteiger partial charge on any atom is 0.399 e. The number of rotatable bonds is 6. The van der Waals surface area contributed by atoms with Crippen LogP contribution in [0.2, 0.25) is 0 Å². The van der Waals surface area contributed by atoms with E-state index < -0.39 is 0 Å². The number of hydrogen-bond acceptors (Lipinski definition) is 4. The minimum Gasteiger partial charge on any atom is -0.417 e. The minimum atomic E-state index is 0.283. The normalized spacial score (nSPS) is 10.6. The lowest BCUT2D eigenvalue weighted by Gasteiger charge is -2.00. The Hall–Kier alpha value is -1.08. The summed E-state index contributed by atoms with van der Waals surface area (Å²) < 4.78 is 11.9. The average Bonchev–Trinajstić information content (AvgIpc) is 2.77. The van der Waals surface area contributed by atoms with Crippen LogP contribution >= 0.6 is 22.6 Å². The number of aromatic nitrogens is 1. The highest BCUT2D eigenvalue weighted by Gasteiger charge is 2.06. The van der Waals surface area contributed by atoms with E-state index in [2.05, 4.69) is 39.8 Å². The fraction of sp³-hybridized carbons (Fsp3) is 0.308. The predicted molar refractivity (Wildman–Crippen MR) is 77.7 cm³/mol. The molecule has 0 fully saturated rings. The molecule has 2 rings (SSSR count). The molecule has 1 heterocycles. The van der Waals surface area contributed by atoms with E-state index in [9.17, 15) is 0 Å². The van der Waals surface area contributed by atoms with Crippen molar-refractivity contribution in [2.45, 2.75) is 19.9 Å². The molecule has 0 amide bonds. The largest absolute Gasteiger partial charge is 0.417 e. The first-order valence-corrected chi connectivity index (χ1v) is 6.94. The number of ether oxygens (including phenoxy) is 1. The molecule has 5 heteroatoms. The summed E-state index contributed by atoms with van der Waals surface area (Å²) in [7, 11) is 0. The van der Waals surface area contributed by atoms with Crippen LogP contribution in [0.25, 0.3) is 0 Å². The smallest absolute Gasteiger partial charge is 0.399 e. The van der Waals surface area contributed by atoms with Crippen molar-refractivity contribution in [3.05, 3.63) is 39.8 Å². The van der Waals surface area contributed by atoms with Gasteiger partial charge in [-0.3, -0.25) is 0 Å². The minimum absolute atomic E-state index is 0.283. The second-order valence-corrected chi connectivity index (χ2v) is 5.09. The van der Waals surface area contributed by atoms with Crippen molar-refractivity contribution in [3.63, 3.8) is 0 Å². The van der Waals surface area contributed by atoms with E-state index in [1.165, 1.54) is 0 Å². The van der Waals surface area contributed by atoms with Gasteiger partial charge in [0, 0.05) is 10.1 Å². The van der Waals surface area contributed by atoms with Crippen LogP contribution in [-0.4, -0.2) is 11.5 Å². The molecule has 0 saturated carbocycles. The molecule has 0 spiro atoms. The molecule has 96 valence electrons. The topological polar surface area (TPSA) is 47.3 Å². The Balaban J connectivity index is 1.94. The van der Waals surface area contributed by atoms with E-state index in [1.807, 2.05) is 24.3 Å². The molecule has 2 aromatic rings. The Morgan fingerprint density at radius 1 is 1.44 bits per heavy atom. The van der Waals surface area contributed by atoms with E-state index in [0.29, 0.717) is 6.54 Å². The molecule has 0 bridgehead atoms. The second-order valence-electron chi connectivity index (χ2n) is 3.84. The van der Waals surface area contributed by atoms with Crippen LogP contribution in [-0.2, 0) is 6.54 Å². The van der Waals surface area contributed by atoms with Gasteiger partial charge >= 0.3 is 6.08 Å². The van der Waals surface area contributed by atoms with Gasteiger partial charge in [0.05, 0.1) is 5.69 Å². The number of halogens is 1. The van der Waals surface area contributed by atoms with Crippen LogP contribution in [0.5, 0.6) is 11.8 Å². The van der Waals surface area contributed by atoms with E-state index in [-0.39, 0.29) is 6.08 Å². The fourth-order valence-electron chi connectivity index (χ4n) is 1.44. The summed E-state index contributed by atoms with van der Waals surface area (Å²) in [5, 5.41) is 3.26. The van der Waals surface area contributed by atoms with E-state index >= 15 is 0 Å². The highest BCUT2D eigenvalue weighted by Crippen LogP contribution is 2.22. The summed E-state index contributed by atoms with van der Waals surface area (Å²) in [6, 6.07) is 7.74. The van der Waals surface area contributed by atoms with Crippen LogP contribution in [0.1, 0.15) is 19.0 Å². The van der Waals surface area contributed by atoms with Crippen LogP contribution < -0.4 is 10.1 Å². The maximum atomic E-state index is 5.54. The standard InChI is InChI=1S/C13H15IN2O2/c1-2-6-15-8-11-9-17-13(16-11)18-12-5-3-4-10(14)7-12/h3-5,7,9,15H,2,6,8H2,1H3. The van der Waals surface area contributed by atoms with Crippen molar-refractivity contribution < 1.29 is 9.15 Å². The lowest BCUT2D eigenvalue weighted by Crippen LogP contribution is -2.13. The fourth-order valence-corrected chi connectivity index (χ4v) is 1.96. The predicted octanol–water partition coefficient (Wildman–Crippen LogP) is 3.57. The van der Waals surface area contributed by atoms with Gasteiger partial charge in [-0.25, -0.2) is 0 Å². The third kappa shape index (κ3) is 3.99. The lowest BCUT2D eigenvalue weighted by molar-refractivity contribution is 0.330. The zero-order chi connectivity index (χ0) is 12.8. The lowest BCUT2D eigenvalue weighted by atomic mass is 10.3. The molecule has 0 aliphatic heterocycles. The van der Waals surface area contributed by atoms with E-state index in [1.54, 1.807) is 6.26 Å². The summed E-state index contributed by atoms with van der Waals surface area (Å²) in [4.78, 5) is 4.25. The van der Waals surface area contributed by atoms with Gasteiger partial charge in [-0.15, -0.1) is 0 Å². The first kappa shape index (κ1) is 13.4. The molecule has 1 aromatic heterocycles. The molecule has 0 saturated heterocycles. The summed E-state index contributed by atoms with van der Waals surface area (Å²) in [6.07, 6.45) is 3.00. The maximum absolute atomic E-state index is 5.54. The van der Waals surface area contributed by atoms with Crippen molar-refractivity contribution in [1.29, 1.82) is 0 Å². The van der Waals surface area contributed by atoms with Crippen molar-refractivity contribution in [3.8, 4) is 11.8 Å². The quantitative estimate of drug-likeness (QED) is 0.634. The zero-order valence-corrected chi connectivity index (χ0v) is 12.3. The summed E-state index contributed by atoms with van der Waals surface area (Å²) >= 11 is 2.23. The molecule has 0 aliphatic rings. The molecular formula is C13H15IN2O2. The number of oxazole rings is 1. The average molecular weight is 358 g/mol.